The van der Waals surface area contributed by atoms with Crippen molar-refractivity contribution in [3.05, 3.63) is 59.7 Å². The Morgan fingerprint density at radius 3 is 2.45 bits per heavy atom. The summed E-state index contributed by atoms with van der Waals surface area (Å²) in [6, 6.07) is 14.2. The highest BCUT2D eigenvalue weighted by Crippen LogP contribution is 2.18. The van der Waals surface area contributed by atoms with Crippen molar-refractivity contribution in [2.45, 2.75) is 19.8 Å². The van der Waals surface area contributed by atoms with Crippen molar-refractivity contribution in [2.75, 3.05) is 32.6 Å². The number of rotatable bonds is 9. The molecule has 0 aliphatic rings. The third kappa shape index (κ3) is 6.64. The van der Waals surface area contributed by atoms with Gasteiger partial charge in [0, 0.05) is 32.1 Å². The first-order valence-electron chi connectivity index (χ1n) is 9.30. The van der Waals surface area contributed by atoms with E-state index in [1.807, 2.05) is 24.3 Å². The first-order chi connectivity index (χ1) is 13.9. The van der Waals surface area contributed by atoms with Gasteiger partial charge in [0.25, 0.3) is 0 Å². The zero-order chi connectivity index (χ0) is 21.2. The maximum absolute atomic E-state index is 12.3. The molecule has 0 aliphatic heterocycles. The predicted octanol–water partition coefficient (Wildman–Crippen LogP) is 2.90. The summed E-state index contributed by atoms with van der Waals surface area (Å²) in [7, 11) is 2.91. The molecule has 7 heteroatoms. The average Bonchev–Trinajstić information content (AvgIpc) is 2.73. The Morgan fingerprint density at radius 1 is 1.00 bits per heavy atom. The highest BCUT2D eigenvalue weighted by molar-refractivity contribution is 5.94. The average molecular weight is 398 g/mol. The number of hydrogen-bond acceptors (Lipinski definition) is 5. The molecule has 0 saturated carbocycles. The van der Waals surface area contributed by atoms with Gasteiger partial charge in [-0.1, -0.05) is 24.3 Å². The van der Waals surface area contributed by atoms with Crippen LogP contribution in [0.2, 0.25) is 0 Å². The maximum Gasteiger partial charge on any atom is 0.337 e. The first kappa shape index (κ1) is 21.9. The van der Waals surface area contributed by atoms with Crippen LogP contribution in [0.15, 0.2) is 48.5 Å². The Balaban J connectivity index is 1.90. The van der Waals surface area contributed by atoms with Crippen LogP contribution in [-0.4, -0.2) is 50.0 Å². The van der Waals surface area contributed by atoms with Crippen molar-refractivity contribution >= 4 is 23.5 Å². The van der Waals surface area contributed by atoms with Crippen molar-refractivity contribution in [1.29, 1.82) is 0 Å². The van der Waals surface area contributed by atoms with Gasteiger partial charge in [-0.05, 0) is 36.2 Å². The molecule has 7 nitrogen and oxygen atoms in total. The van der Waals surface area contributed by atoms with Crippen LogP contribution >= 0.6 is 0 Å². The lowest BCUT2D eigenvalue weighted by molar-refractivity contribution is -0.129. The molecule has 0 heterocycles. The first-order valence-corrected chi connectivity index (χ1v) is 9.30. The van der Waals surface area contributed by atoms with Crippen LogP contribution in [0.1, 0.15) is 29.3 Å². The van der Waals surface area contributed by atoms with E-state index in [0.717, 1.165) is 11.3 Å². The number of carbonyl (C=O) groups excluding carboxylic acids is 3. The summed E-state index contributed by atoms with van der Waals surface area (Å²) in [4.78, 5) is 37.5. The fourth-order valence-electron chi connectivity index (χ4n) is 2.89. The number of ether oxygens (including phenoxy) is 2. The minimum absolute atomic E-state index is 0.0969. The van der Waals surface area contributed by atoms with E-state index in [9.17, 15) is 14.4 Å². The van der Waals surface area contributed by atoms with E-state index < -0.39 is 5.97 Å². The molecular formula is C22H26N2O5. The number of anilines is 1. The van der Waals surface area contributed by atoms with Gasteiger partial charge in [0.2, 0.25) is 11.8 Å². The lowest BCUT2D eigenvalue weighted by Gasteiger charge is -2.21. The Kier molecular flexibility index (Phi) is 8.21. The fourth-order valence-corrected chi connectivity index (χ4v) is 2.89. The molecule has 0 fully saturated rings. The summed E-state index contributed by atoms with van der Waals surface area (Å²) in [5.74, 6) is -0.0321. The van der Waals surface area contributed by atoms with Gasteiger partial charge in [-0.3, -0.25) is 9.59 Å². The molecule has 2 amide bonds. The second-order valence-corrected chi connectivity index (χ2v) is 6.44. The number of amides is 2. The normalized spacial score (nSPS) is 10.2. The zero-order valence-electron chi connectivity index (χ0n) is 16.9. The summed E-state index contributed by atoms with van der Waals surface area (Å²) in [5, 5.41) is 2.74. The van der Waals surface area contributed by atoms with E-state index in [0.29, 0.717) is 30.8 Å². The largest absolute Gasteiger partial charge is 0.496 e. The van der Waals surface area contributed by atoms with E-state index in [-0.39, 0.29) is 18.2 Å². The number of carbonyl (C=O) groups is 3. The summed E-state index contributed by atoms with van der Waals surface area (Å²) < 4.78 is 10.0. The van der Waals surface area contributed by atoms with Crippen molar-refractivity contribution in [2.24, 2.45) is 0 Å². The van der Waals surface area contributed by atoms with Crippen LogP contribution in [0.25, 0.3) is 0 Å². The maximum atomic E-state index is 12.3. The van der Waals surface area contributed by atoms with E-state index in [2.05, 4.69) is 10.1 Å². The molecule has 29 heavy (non-hydrogen) atoms. The SMILES string of the molecule is COC(=O)c1cccc(NC(=O)CCN(CCc2ccccc2OC)C(C)=O)c1. The number of benzene rings is 2. The highest BCUT2D eigenvalue weighted by Gasteiger charge is 2.13. The lowest BCUT2D eigenvalue weighted by Crippen LogP contribution is -2.33. The number of esters is 1. The summed E-state index contributed by atoms with van der Waals surface area (Å²) >= 11 is 0. The third-order valence-corrected chi connectivity index (χ3v) is 4.47. The van der Waals surface area contributed by atoms with Gasteiger partial charge in [0.15, 0.2) is 0 Å². The van der Waals surface area contributed by atoms with Crippen LogP contribution in [0.4, 0.5) is 5.69 Å². The van der Waals surface area contributed by atoms with Gasteiger partial charge >= 0.3 is 5.97 Å². The number of methoxy groups -OCH3 is 2. The van der Waals surface area contributed by atoms with E-state index >= 15 is 0 Å². The molecule has 0 radical (unpaired) electrons. The predicted molar refractivity (Wildman–Crippen MR) is 110 cm³/mol. The van der Waals surface area contributed by atoms with Crippen LogP contribution in [0, 0.1) is 0 Å². The molecule has 0 spiro atoms. The van der Waals surface area contributed by atoms with Gasteiger partial charge in [0.05, 0.1) is 19.8 Å². The van der Waals surface area contributed by atoms with Gasteiger partial charge < -0.3 is 19.7 Å². The van der Waals surface area contributed by atoms with Crippen molar-refractivity contribution < 1.29 is 23.9 Å². The summed E-state index contributed by atoms with van der Waals surface area (Å²) in [6.07, 6.45) is 0.778. The number of nitrogens with one attached hydrogen (secondary N) is 1. The van der Waals surface area contributed by atoms with Crippen LogP contribution in [-0.2, 0) is 20.7 Å². The number of nitrogens with zero attached hydrogens (tertiary/aromatic N) is 1. The molecule has 1 N–H and O–H groups in total. The van der Waals surface area contributed by atoms with Crippen molar-refractivity contribution in [3.8, 4) is 5.75 Å². The Labute approximate surface area is 170 Å². The molecule has 0 aliphatic carbocycles. The molecule has 2 rings (SSSR count). The molecule has 0 aromatic heterocycles. The van der Waals surface area contributed by atoms with Crippen molar-refractivity contribution in [3.63, 3.8) is 0 Å². The van der Waals surface area contributed by atoms with Crippen LogP contribution in [0.3, 0.4) is 0 Å². The van der Waals surface area contributed by atoms with Crippen molar-refractivity contribution in [1.82, 2.24) is 4.90 Å². The third-order valence-electron chi connectivity index (χ3n) is 4.47. The molecule has 2 aromatic carbocycles. The van der Waals surface area contributed by atoms with E-state index in [1.54, 1.807) is 36.3 Å². The Hall–Kier alpha value is -3.35. The van der Waals surface area contributed by atoms with Gasteiger partial charge in [-0.2, -0.15) is 0 Å². The molecule has 154 valence electrons. The molecule has 0 saturated heterocycles. The van der Waals surface area contributed by atoms with Gasteiger partial charge in [0.1, 0.15) is 5.75 Å². The second-order valence-electron chi connectivity index (χ2n) is 6.44. The minimum atomic E-state index is -0.472. The fraction of sp³-hybridized carbons (Fsp3) is 0.318. The highest BCUT2D eigenvalue weighted by atomic mass is 16.5. The minimum Gasteiger partial charge on any atom is -0.496 e. The monoisotopic (exact) mass is 398 g/mol. The number of para-hydroxylation sites is 1. The standard InChI is InChI=1S/C22H26N2O5/c1-16(25)24(13-11-17-7-4-5-10-20(17)28-2)14-12-21(26)23-19-9-6-8-18(15-19)22(27)29-3/h4-10,15H,11-14H2,1-3H3,(H,23,26). The molecule has 0 atom stereocenters. The molecule has 0 unspecified atom stereocenters. The van der Waals surface area contributed by atoms with Gasteiger partial charge in [-0.15, -0.1) is 0 Å². The second kappa shape index (κ2) is 10.8. The molecular weight excluding hydrogens is 372 g/mol. The lowest BCUT2D eigenvalue weighted by atomic mass is 10.1. The van der Waals surface area contributed by atoms with Crippen LogP contribution in [0.5, 0.6) is 5.75 Å². The van der Waals surface area contributed by atoms with Gasteiger partial charge in [-0.25, -0.2) is 4.79 Å². The quantitative estimate of drug-likeness (QED) is 0.657. The Bertz CT molecular complexity index is 866. The number of hydrogen-bond donors (Lipinski definition) is 1. The van der Waals surface area contributed by atoms with E-state index in [1.165, 1.54) is 14.0 Å². The summed E-state index contributed by atoms with van der Waals surface area (Å²) in [6.45, 7) is 2.27. The molecule has 0 bridgehead atoms. The van der Waals surface area contributed by atoms with E-state index in [4.69, 9.17) is 4.74 Å². The smallest absolute Gasteiger partial charge is 0.337 e. The summed E-state index contributed by atoms with van der Waals surface area (Å²) in [5.41, 5.74) is 1.86. The zero-order valence-corrected chi connectivity index (χ0v) is 16.9. The molecule has 2 aromatic rings. The van der Waals surface area contributed by atoms with Crippen LogP contribution < -0.4 is 10.1 Å². The topological polar surface area (TPSA) is 84.9 Å². The Morgan fingerprint density at radius 2 is 1.76 bits per heavy atom.